The van der Waals surface area contributed by atoms with E-state index in [2.05, 4.69) is 19.2 Å². The highest BCUT2D eigenvalue weighted by molar-refractivity contribution is 5.78. The Morgan fingerprint density at radius 2 is 1.74 bits per heavy atom. The zero-order valence-electron chi connectivity index (χ0n) is 12.4. The van der Waals surface area contributed by atoms with Crippen LogP contribution in [0.15, 0.2) is 0 Å². The monoisotopic (exact) mass is 269 g/mol. The van der Waals surface area contributed by atoms with Gasteiger partial charge in [-0.05, 0) is 44.4 Å². The van der Waals surface area contributed by atoms with Crippen LogP contribution in [0.3, 0.4) is 0 Å². The Labute approximate surface area is 116 Å². The molecule has 0 aromatic rings. The summed E-state index contributed by atoms with van der Waals surface area (Å²) in [6, 6.07) is 0.294. The van der Waals surface area contributed by atoms with E-state index < -0.39 is 0 Å². The molecule has 0 radical (unpaired) electrons. The Balaban J connectivity index is 2.30. The smallest absolute Gasteiger partial charge is 0.305 e. The number of amides is 1. The molecule has 0 heterocycles. The van der Waals surface area contributed by atoms with Crippen LogP contribution in [0.2, 0.25) is 0 Å². The van der Waals surface area contributed by atoms with E-state index in [-0.39, 0.29) is 17.8 Å². The summed E-state index contributed by atoms with van der Waals surface area (Å²) in [6.45, 7) is 4.11. The van der Waals surface area contributed by atoms with Crippen LogP contribution in [0.1, 0.15) is 58.8 Å². The maximum Gasteiger partial charge on any atom is 0.305 e. The summed E-state index contributed by atoms with van der Waals surface area (Å²) < 4.78 is 4.70. The van der Waals surface area contributed by atoms with Crippen LogP contribution in [0.4, 0.5) is 0 Å². The van der Waals surface area contributed by atoms with Crippen molar-refractivity contribution >= 4 is 11.9 Å². The average molecular weight is 269 g/mol. The number of carbonyl (C=O) groups is 2. The maximum absolute atomic E-state index is 12.0. The molecule has 110 valence electrons. The number of rotatable bonds is 6. The molecule has 0 bridgehead atoms. The molecule has 0 atom stereocenters. The molecular weight excluding hydrogens is 242 g/mol. The molecule has 0 spiro atoms. The molecule has 1 fully saturated rings. The highest BCUT2D eigenvalue weighted by atomic mass is 16.5. The van der Waals surface area contributed by atoms with Gasteiger partial charge in [0.25, 0.3) is 0 Å². The average Bonchev–Trinajstić information content (AvgIpc) is 2.42. The van der Waals surface area contributed by atoms with E-state index in [4.69, 9.17) is 4.74 Å². The first-order valence-corrected chi connectivity index (χ1v) is 7.47. The molecule has 0 unspecified atom stereocenters. The molecular formula is C15H27NO3. The van der Waals surface area contributed by atoms with Crippen molar-refractivity contribution in [3.8, 4) is 0 Å². The van der Waals surface area contributed by atoms with Gasteiger partial charge < -0.3 is 10.1 Å². The molecule has 1 rings (SSSR count). The molecule has 1 amide bonds. The van der Waals surface area contributed by atoms with Gasteiger partial charge in [0.15, 0.2) is 0 Å². The van der Waals surface area contributed by atoms with E-state index in [9.17, 15) is 9.59 Å². The van der Waals surface area contributed by atoms with E-state index in [0.717, 1.165) is 38.5 Å². The lowest BCUT2D eigenvalue weighted by Crippen LogP contribution is -2.40. The van der Waals surface area contributed by atoms with E-state index in [0.29, 0.717) is 18.4 Å². The largest absolute Gasteiger partial charge is 0.469 e. The summed E-state index contributed by atoms with van der Waals surface area (Å²) >= 11 is 0. The van der Waals surface area contributed by atoms with Crippen LogP contribution in [0.5, 0.6) is 0 Å². The minimum absolute atomic E-state index is 0.121. The van der Waals surface area contributed by atoms with Gasteiger partial charge in [-0.15, -0.1) is 0 Å². The SMILES string of the molecule is CCC(CC)C(=O)NC1CCC(CC(=O)OC)CC1. The first kappa shape index (κ1) is 16.0. The van der Waals surface area contributed by atoms with Gasteiger partial charge in [0, 0.05) is 18.4 Å². The lowest BCUT2D eigenvalue weighted by molar-refractivity contribution is -0.142. The Morgan fingerprint density at radius 1 is 1.16 bits per heavy atom. The van der Waals surface area contributed by atoms with E-state index >= 15 is 0 Å². The Hall–Kier alpha value is -1.06. The fraction of sp³-hybridized carbons (Fsp3) is 0.867. The number of methoxy groups -OCH3 is 1. The van der Waals surface area contributed by atoms with Crippen molar-refractivity contribution in [3.63, 3.8) is 0 Å². The standard InChI is InChI=1S/C15H27NO3/c1-4-12(5-2)15(18)16-13-8-6-11(7-9-13)10-14(17)19-3/h11-13H,4-10H2,1-3H3,(H,16,18). The van der Waals surface area contributed by atoms with Crippen LogP contribution >= 0.6 is 0 Å². The first-order valence-electron chi connectivity index (χ1n) is 7.47. The van der Waals surface area contributed by atoms with Gasteiger partial charge in [0.05, 0.1) is 7.11 Å². The summed E-state index contributed by atoms with van der Waals surface area (Å²) in [5.41, 5.74) is 0. The second-order valence-corrected chi connectivity index (χ2v) is 5.52. The van der Waals surface area contributed by atoms with Gasteiger partial charge in [-0.3, -0.25) is 9.59 Å². The number of nitrogens with one attached hydrogen (secondary N) is 1. The fourth-order valence-electron chi connectivity index (χ4n) is 2.81. The molecule has 4 heteroatoms. The molecule has 0 aromatic heterocycles. The number of hydrogen-bond acceptors (Lipinski definition) is 3. The predicted molar refractivity (Wildman–Crippen MR) is 74.6 cm³/mol. The molecule has 1 aliphatic carbocycles. The number of hydrogen-bond donors (Lipinski definition) is 1. The van der Waals surface area contributed by atoms with Crippen LogP contribution in [0.25, 0.3) is 0 Å². The van der Waals surface area contributed by atoms with Gasteiger partial charge in [-0.25, -0.2) is 0 Å². The van der Waals surface area contributed by atoms with Crippen molar-refractivity contribution < 1.29 is 14.3 Å². The summed E-state index contributed by atoms with van der Waals surface area (Å²) in [7, 11) is 1.43. The summed E-state index contributed by atoms with van der Waals surface area (Å²) in [5.74, 6) is 0.646. The summed E-state index contributed by atoms with van der Waals surface area (Å²) in [6.07, 6.45) is 6.29. The van der Waals surface area contributed by atoms with Gasteiger partial charge >= 0.3 is 5.97 Å². The van der Waals surface area contributed by atoms with Crippen molar-refractivity contribution in [2.45, 2.75) is 64.8 Å². The van der Waals surface area contributed by atoms with Crippen molar-refractivity contribution in [2.75, 3.05) is 7.11 Å². The third kappa shape index (κ3) is 5.21. The van der Waals surface area contributed by atoms with Gasteiger partial charge in [-0.1, -0.05) is 13.8 Å². The normalized spacial score (nSPS) is 23.2. The van der Waals surface area contributed by atoms with Crippen molar-refractivity contribution in [2.24, 2.45) is 11.8 Å². The summed E-state index contributed by atoms with van der Waals surface area (Å²) in [4.78, 5) is 23.2. The Bertz CT molecular complexity index is 292. The lowest BCUT2D eigenvalue weighted by Gasteiger charge is -2.29. The lowest BCUT2D eigenvalue weighted by atomic mass is 9.84. The topological polar surface area (TPSA) is 55.4 Å². The van der Waals surface area contributed by atoms with Gasteiger partial charge in [-0.2, -0.15) is 0 Å². The van der Waals surface area contributed by atoms with Crippen molar-refractivity contribution in [3.05, 3.63) is 0 Å². The molecule has 1 aliphatic rings. The number of esters is 1. The van der Waals surface area contributed by atoms with Crippen LogP contribution in [-0.2, 0) is 14.3 Å². The Morgan fingerprint density at radius 3 is 2.21 bits per heavy atom. The molecule has 0 aliphatic heterocycles. The zero-order chi connectivity index (χ0) is 14.3. The second kappa shape index (κ2) is 8.18. The zero-order valence-corrected chi connectivity index (χ0v) is 12.4. The second-order valence-electron chi connectivity index (χ2n) is 5.52. The Kier molecular flexibility index (Phi) is 6.89. The third-order valence-electron chi connectivity index (χ3n) is 4.23. The fourth-order valence-corrected chi connectivity index (χ4v) is 2.81. The highest BCUT2D eigenvalue weighted by Crippen LogP contribution is 2.27. The predicted octanol–water partition coefficient (Wildman–Crippen LogP) is 2.66. The minimum Gasteiger partial charge on any atom is -0.469 e. The van der Waals surface area contributed by atoms with Crippen molar-refractivity contribution in [1.82, 2.24) is 5.32 Å². The van der Waals surface area contributed by atoms with E-state index in [1.807, 2.05) is 0 Å². The number of carbonyl (C=O) groups excluding carboxylic acids is 2. The highest BCUT2D eigenvalue weighted by Gasteiger charge is 2.25. The van der Waals surface area contributed by atoms with E-state index in [1.165, 1.54) is 7.11 Å². The molecule has 0 aromatic carbocycles. The number of ether oxygens (including phenoxy) is 1. The van der Waals surface area contributed by atoms with Gasteiger partial charge in [0.1, 0.15) is 0 Å². The molecule has 0 saturated heterocycles. The van der Waals surface area contributed by atoms with E-state index in [1.54, 1.807) is 0 Å². The first-order chi connectivity index (χ1) is 9.10. The summed E-state index contributed by atoms with van der Waals surface area (Å²) in [5, 5.41) is 3.15. The van der Waals surface area contributed by atoms with Crippen LogP contribution in [0, 0.1) is 11.8 Å². The molecule has 4 nitrogen and oxygen atoms in total. The minimum atomic E-state index is -0.121. The van der Waals surface area contributed by atoms with Crippen LogP contribution in [-0.4, -0.2) is 25.0 Å². The molecule has 19 heavy (non-hydrogen) atoms. The molecule has 1 saturated carbocycles. The van der Waals surface area contributed by atoms with Crippen LogP contribution < -0.4 is 5.32 Å². The maximum atomic E-state index is 12.0. The van der Waals surface area contributed by atoms with Gasteiger partial charge in [0.2, 0.25) is 5.91 Å². The van der Waals surface area contributed by atoms with Crippen molar-refractivity contribution in [1.29, 1.82) is 0 Å². The molecule has 1 N–H and O–H groups in total. The quantitative estimate of drug-likeness (QED) is 0.754. The third-order valence-corrected chi connectivity index (χ3v) is 4.23.